The van der Waals surface area contributed by atoms with Gasteiger partial charge < -0.3 is 4.74 Å². The van der Waals surface area contributed by atoms with Crippen LogP contribution in [0, 0.1) is 5.82 Å². The van der Waals surface area contributed by atoms with Gasteiger partial charge in [0.25, 0.3) is 0 Å². The van der Waals surface area contributed by atoms with Crippen molar-refractivity contribution >= 4 is 49.6 Å². The summed E-state index contributed by atoms with van der Waals surface area (Å²) in [6, 6.07) is 2.79. The molecule has 6 heteroatoms. The van der Waals surface area contributed by atoms with E-state index in [9.17, 15) is 14.0 Å². The molecule has 0 atom stereocenters. The lowest BCUT2D eigenvalue weighted by atomic mass is 10.1. The Balaban J connectivity index is 2.76. The molecule has 0 fully saturated rings. The summed E-state index contributed by atoms with van der Waals surface area (Å²) in [5.41, 5.74) is 0.167. The Morgan fingerprint density at radius 1 is 1.56 bits per heavy atom. The van der Waals surface area contributed by atoms with E-state index in [1.165, 1.54) is 12.1 Å². The maximum Gasteiger partial charge on any atom is 0.349 e. The quantitative estimate of drug-likeness (QED) is 0.635. The molecule has 1 aromatic carbocycles. The Labute approximate surface area is 115 Å². The lowest BCUT2D eigenvalue weighted by Crippen LogP contribution is -2.04. The van der Waals surface area contributed by atoms with Crippen LogP contribution >= 0.6 is 27.3 Å². The number of fused-ring (bicyclic) bond motifs is 1. The highest BCUT2D eigenvalue weighted by atomic mass is 79.9. The van der Waals surface area contributed by atoms with Crippen LogP contribution in [0.15, 0.2) is 16.6 Å². The zero-order valence-electron chi connectivity index (χ0n) is 9.33. The van der Waals surface area contributed by atoms with Crippen LogP contribution in [-0.2, 0) is 4.74 Å². The van der Waals surface area contributed by atoms with Gasteiger partial charge in [0.2, 0.25) is 0 Å². The fraction of sp³-hybridized carbons (Fsp3) is 0.167. The largest absolute Gasteiger partial charge is 0.462 e. The Morgan fingerprint density at radius 3 is 2.89 bits per heavy atom. The molecular weight excluding hydrogens is 323 g/mol. The van der Waals surface area contributed by atoms with Crippen molar-refractivity contribution in [1.82, 2.24) is 0 Å². The number of aldehydes is 1. The molecule has 2 aromatic rings. The lowest BCUT2D eigenvalue weighted by molar-refractivity contribution is 0.0530. The number of esters is 1. The predicted molar refractivity (Wildman–Crippen MR) is 70.8 cm³/mol. The van der Waals surface area contributed by atoms with Crippen molar-refractivity contribution < 1.29 is 18.7 Å². The van der Waals surface area contributed by atoms with E-state index >= 15 is 0 Å². The topological polar surface area (TPSA) is 43.4 Å². The van der Waals surface area contributed by atoms with Gasteiger partial charge in [-0.15, -0.1) is 11.3 Å². The van der Waals surface area contributed by atoms with Crippen molar-refractivity contribution in [1.29, 1.82) is 0 Å². The number of thiophene rings is 1. The fourth-order valence-electron chi connectivity index (χ4n) is 1.62. The molecule has 0 aliphatic rings. The molecule has 0 amide bonds. The summed E-state index contributed by atoms with van der Waals surface area (Å²) < 4.78 is 19.4. The molecule has 0 bridgehead atoms. The van der Waals surface area contributed by atoms with Gasteiger partial charge in [-0.25, -0.2) is 9.18 Å². The van der Waals surface area contributed by atoms with Crippen LogP contribution in [-0.4, -0.2) is 18.9 Å². The van der Waals surface area contributed by atoms with Gasteiger partial charge in [0.05, 0.1) is 11.3 Å². The van der Waals surface area contributed by atoms with Crippen LogP contribution in [0.3, 0.4) is 0 Å². The molecule has 94 valence electrons. The second kappa shape index (κ2) is 5.16. The molecular formula is C12H8BrFO3S. The van der Waals surface area contributed by atoms with Crippen molar-refractivity contribution in [2.45, 2.75) is 6.92 Å². The average Bonchev–Trinajstić information content (AvgIpc) is 2.74. The van der Waals surface area contributed by atoms with E-state index in [-0.39, 0.29) is 21.7 Å². The Bertz CT molecular complexity index is 636. The number of rotatable bonds is 3. The van der Waals surface area contributed by atoms with Crippen LogP contribution < -0.4 is 0 Å². The van der Waals surface area contributed by atoms with Crippen molar-refractivity contribution in [2.75, 3.05) is 6.61 Å². The first-order valence-corrected chi connectivity index (χ1v) is 6.73. The molecule has 18 heavy (non-hydrogen) atoms. The average molecular weight is 331 g/mol. The first kappa shape index (κ1) is 13.2. The molecule has 2 rings (SSSR count). The van der Waals surface area contributed by atoms with Crippen molar-refractivity contribution in [3.8, 4) is 0 Å². The number of hydrogen-bond donors (Lipinski definition) is 0. The summed E-state index contributed by atoms with van der Waals surface area (Å²) in [7, 11) is 0. The first-order chi connectivity index (χ1) is 8.60. The normalized spacial score (nSPS) is 10.6. The minimum Gasteiger partial charge on any atom is -0.462 e. The zero-order valence-corrected chi connectivity index (χ0v) is 11.7. The maximum absolute atomic E-state index is 13.7. The standard InChI is InChI=1S/C12H8BrFO3S/c1-2-17-12(16)10-6(5-15)9-7(13)3-4-8(14)11(9)18-10/h3-5H,2H2,1H3. The Hall–Kier alpha value is -1.27. The third-order valence-corrected chi connectivity index (χ3v) is 4.21. The van der Waals surface area contributed by atoms with Gasteiger partial charge in [-0.3, -0.25) is 4.79 Å². The van der Waals surface area contributed by atoms with Crippen molar-refractivity contribution in [3.05, 3.63) is 32.9 Å². The summed E-state index contributed by atoms with van der Waals surface area (Å²) in [5, 5.41) is 0.415. The minimum atomic E-state index is -0.605. The van der Waals surface area contributed by atoms with E-state index in [0.717, 1.165) is 11.3 Å². The van der Waals surface area contributed by atoms with E-state index in [0.29, 0.717) is 16.1 Å². The monoisotopic (exact) mass is 330 g/mol. The smallest absolute Gasteiger partial charge is 0.349 e. The lowest BCUT2D eigenvalue weighted by Gasteiger charge is -1.99. The zero-order chi connectivity index (χ0) is 13.3. The summed E-state index contributed by atoms with van der Waals surface area (Å²) in [5.74, 6) is -1.07. The highest BCUT2D eigenvalue weighted by molar-refractivity contribution is 9.10. The molecule has 0 aliphatic heterocycles. The van der Waals surface area contributed by atoms with Gasteiger partial charge in [-0.05, 0) is 19.1 Å². The Kier molecular flexibility index (Phi) is 3.77. The van der Waals surface area contributed by atoms with E-state index in [1.807, 2.05) is 0 Å². The molecule has 3 nitrogen and oxygen atoms in total. The number of carbonyl (C=O) groups is 2. The van der Waals surface area contributed by atoms with Crippen LogP contribution in [0.2, 0.25) is 0 Å². The minimum absolute atomic E-state index is 0.132. The summed E-state index contributed by atoms with van der Waals surface area (Å²) >= 11 is 4.18. The van der Waals surface area contributed by atoms with Gasteiger partial charge >= 0.3 is 5.97 Å². The molecule has 1 aromatic heterocycles. The number of benzene rings is 1. The third kappa shape index (κ3) is 2.06. The van der Waals surface area contributed by atoms with E-state index in [1.54, 1.807) is 6.92 Å². The summed E-state index contributed by atoms with van der Waals surface area (Å²) in [6.07, 6.45) is 0.551. The number of halogens is 2. The molecule has 0 aliphatic carbocycles. The van der Waals surface area contributed by atoms with Crippen LogP contribution in [0.1, 0.15) is 27.0 Å². The molecule has 0 saturated heterocycles. The highest BCUT2D eigenvalue weighted by Crippen LogP contribution is 2.37. The third-order valence-electron chi connectivity index (χ3n) is 2.36. The number of carbonyl (C=O) groups excluding carboxylic acids is 2. The number of hydrogen-bond acceptors (Lipinski definition) is 4. The predicted octanol–water partition coefficient (Wildman–Crippen LogP) is 3.79. The summed E-state index contributed by atoms with van der Waals surface area (Å²) in [4.78, 5) is 23.0. The number of ether oxygens (including phenoxy) is 1. The van der Waals surface area contributed by atoms with Crippen molar-refractivity contribution in [2.24, 2.45) is 0 Å². The molecule has 0 spiro atoms. The second-order valence-electron chi connectivity index (χ2n) is 3.42. The Morgan fingerprint density at radius 2 is 2.28 bits per heavy atom. The fourth-order valence-corrected chi connectivity index (χ4v) is 3.38. The van der Waals surface area contributed by atoms with E-state index in [2.05, 4.69) is 15.9 Å². The van der Waals surface area contributed by atoms with Gasteiger partial charge in [0.15, 0.2) is 6.29 Å². The highest BCUT2D eigenvalue weighted by Gasteiger charge is 2.22. The van der Waals surface area contributed by atoms with Gasteiger partial charge in [0, 0.05) is 15.4 Å². The van der Waals surface area contributed by atoms with Gasteiger partial charge in [0.1, 0.15) is 10.7 Å². The summed E-state index contributed by atoms with van der Waals surface area (Å²) in [6.45, 7) is 1.87. The first-order valence-electron chi connectivity index (χ1n) is 5.13. The molecule has 0 radical (unpaired) electrons. The SMILES string of the molecule is CCOC(=O)c1sc2c(F)ccc(Br)c2c1C=O. The van der Waals surface area contributed by atoms with Gasteiger partial charge in [-0.2, -0.15) is 0 Å². The second-order valence-corrected chi connectivity index (χ2v) is 5.29. The van der Waals surface area contributed by atoms with Crippen molar-refractivity contribution in [3.63, 3.8) is 0 Å². The van der Waals surface area contributed by atoms with Crippen LogP contribution in [0.4, 0.5) is 4.39 Å². The molecule has 1 heterocycles. The van der Waals surface area contributed by atoms with Gasteiger partial charge in [-0.1, -0.05) is 15.9 Å². The van der Waals surface area contributed by atoms with E-state index in [4.69, 9.17) is 4.74 Å². The van der Waals surface area contributed by atoms with Crippen LogP contribution in [0.25, 0.3) is 10.1 Å². The maximum atomic E-state index is 13.7. The van der Waals surface area contributed by atoms with E-state index < -0.39 is 11.8 Å². The molecule has 0 saturated carbocycles. The molecule has 0 unspecified atom stereocenters. The van der Waals surface area contributed by atoms with Crippen LogP contribution in [0.5, 0.6) is 0 Å². The molecule has 0 N–H and O–H groups in total.